The highest BCUT2D eigenvalue weighted by molar-refractivity contribution is 7.15. The summed E-state index contributed by atoms with van der Waals surface area (Å²) in [7, 11) is 1.77. The molecule has 15 heavy (non-hydrogen) atoms. The predicted octanol–water partition coefficient (Wildman–Crippen LogP) is 2.50. The number of alkyl halides is 1. The molecule has 2 heterocycles. The summed E-state index contributed by atoms with van der Waals surface area (Å²) in [5.74, 6) is 0.549. The Kier molecular flexibility index (Phi) is 3.19. The summed E-state index contributed by atoms with van der Waals surface area (Å²) in [6, 6.07) is 0. The SMILES string of the molecule is COC1(C)CCN(c2ncc(CCl)s2)C1. The summed E-state index contributed by atoms with van der Waals surface area (Å²) in [6.07, 6.45) is 2.91. The number of methoxy groups -OCH3 is 1. The number of hydrogen-bond acceptors (Lipinski definition) is 4. The number of nitrogens with zero attached hydrogens (tertiary/aromatic N) is 2. The van der Waals surface area contributed by atoms with Crippen LogP contribution in [0.3, 0.4) is 0 Å². The summed E-state index contributed by atoms with van der Waals surface area (Å²) in [6.45, 7) is 4.07. The van der Waals surface area contributed by atoms with Gasteiger partial charge in [-0.05, 0) is 13.3 Å². The van der Waals surface area contributed by atoms with Crippen molar-refractivity contribution < 1.29 is 4.74 Å². The quantitative estimate of drug-likeness (QED) is 0.767. The molecule has 0 saturated carbocycles. The molecule has 0 aromatic carbocycles. The number of rotatable bonds is 3. The molecule has 3 nitrogen and oxygen atoms in total. The molecule has 0 amide bonds. The largest absolute Gasteiger partial charge is 0.377 e. The van der Waals surface area contributed by atoms with E-state index in [4.69, 9.17) is 16.3 Å². The molecule has 1 aromatic rings. The molecule has 1 aliphatic rings. The average molecular weight is 247 g/mol. The number of thiazole rings is 1. The lowest BCUT2D eigenvalue weighted by atomic mass is 10.1. The van der Waals surface area contributed by atoms with Gasteiger partial charge in [-0.1, -0.05) is 0 Å². The smallest absolute Gasteiger partial charge is 0.185 e. The summed E-state index contributed by atoms with van der Waals surface area (Å²) in [5.41, 5.74) is -0.0210. The van der Waals surface area contributed by atoms with Gasteiger partial charge in [-0.15, -0.1) is 22.9 Å². The lowest BCUT2D eigenvalue weighted by molar-refractivity contribution is 0.0257. The van der Waals surface area contributed by atoms with E-state index in [0.29, 0.717) is 5.88 Å². The van der Waals surface area contributed by atoms with Gasteiger partial charge in [-0.2, -0.15) is 0 Å². The van der Waals surface area contributed by atoms with Crippen molar-refractivity contribution in [1.82, 2.24) is 4.98 Å². The Morgan fingerprint density at radius 3 is 3.07 bits per heavy atom. The molecule has 1 aromatic heterocycles. The molecule has 0 bridgehead atoms. The van der Waals surface area contributed by atoms with Crippen LogP contribution in [0, 0.1) is 0 Å². The van der Waals surface area contributed by atoms with Crippen LogP contribution >= 0.6 is 22.9 Å². The summed E-state index contributed by atoms with van der Waals surface area (Å²) < 4.78 is 5.49. The highest BCUT2D eigenvalue weighted by atomic mass is 35.5. The monoisotopic (exact) mass is 246 g/mol. The molecule has 0 N–H and O–H groups in total. The molecule has 0 radical (unpaired) electrons. The Morgan fingerprint density at radius 1 is 1.73 bits per heavy atom. The van der Waals surface area contributed by atoms with Gasteiger partial charge in [0.2, 0.25) is 0 Å². The lowest BCUT2D eigenvalue weighted by Crippen LogP contribution is -2.31. The summed E-state index contributed by atoms with van der Waals surface area (Å²) in [4.78, 5) is 7.76. The van der Waals surface area contributed by atoms with E-state index in [1.54, 1.807) is 18.4 Å². The zero-order valence-electron chi connectivity index (χ0n) is 8.99. The maximum atomic E-state index is 5.76. The van der Waals surface area contributed by atoms with Crippen molar-refractivity contribution in [3.8, 4) is 0 Å². The van der Waals surface area contributed by atoms with Gasteiger partial charge in [-0.3, -0.25) is 0 Å². The maximum absolute atomic E-state index is 5.76. The van der Waals surface area contributed by atoms with E-state index in [2.05, 4.69) is 16.8 Å². The summed E-state index contributed by atoms with van der Waals surface area (Å²) in [5, 5.41) is 1.06. The van der Waals surface area contributed by atoms with Crippen molar-refractivity contribution in [2.75, 3.05) is 25.1 Å². The molecule has 84 valence electrons. The fraction of sp³-hybridized carbons (Fsp3) is 0.700. The van der Waals surface area contributed by atoms with E-state index in [0.717, 1.165) is 29.5 Å². The number of aromatic nitrogens is 1. The van der Waals surface area contributed by atoms with E-state index in [1.165, 1.54) is 0 Å². The Labute approximate surface area is 99.0 Å². The molecule has 0 spiro atoms. The van der Waals surface area contributed by atoms with Gasteiger partial charge in [0.25, 0.3) is 0 Å². The van der Waals surface area contributed by atoms with Crippen LogP contribution in [0.1, 0.15) is 18.2 Å². The van der Waals surface area contributed by atoms with Crippen LogP contribution in [-0.4, -0.2) is 30.8 Å². The molecule has 1 saturated heterocycles. The zero-order chi connectivity index (χ0) is 10.9. The molecule has 1 fully saturated rings. The van der Waals surface area contributed by atoms with Crippen molar-refractivity contribution in [1.29, 1.82) is 0 Å². The van der Waals surface area contributed by atoms with Crippen molar-refractivity contribution in [3.05, 3.63) is 11.1 Å². The third kappa shape index (κ3) is 2.27. The third-order valence-electron chi connectivity index (χ3n) is 2.87. The Balaban J connectivity index is 2.07. The van der Waals surface area contributed by atoms with E-state index < -0.39 is 0 Å². The first-order valence-corrected chi connectivity index (χ1v) is 6.33. The van der Waals surface area contributed by atoms with Gasteiger partial charge < -0.3 is 9.64 Å². The van der Waals surface area contributed by atoms with Gasteiger partial charge in [0.05, 0.1) is 11.5 Å². The van der Waals surface area contributed by atoms with Gasteiger partial charge in [0.1, 0.15) is 0 Å². The van der Waals surface area contributed by atoms with Crippen molar-refractivity contribution in [3.63, 3.8) is 0 Å². The Bertz CT molecular complexity index is 344. The van der Waals surface area contributed by atoms with E-state index >= 15 is 0 Å². The number of halogens is 1. The summed E-state index contributed by atoms with van der Waals surface area (Å²) >= 11 is 7.43. The van der Waals surface area contributed by atoms with Crippen molar-refractivity contribution >= 4 is 28.1 Å². The van der Waals surface area contributed by atoms with Crippen LogP contribution in [0.5, 0.6) is 0 Å². The topological polar surface area (TPSA) is 25.4 Å². The van der Waals surface area contributed by atoms with Crippen LogP contribution in [0.15, 0.2) is 6.20 Å². The van der Waals surface area contributed by atoms with Crippen LogP contribution in [0.4, 0.5) is 5.13 Å². The molecule has 1 unspecified atom stereocenters. The Morgan fingerprint density at radius 2 is 2.53 bits per heavy atom. The van der Waals surface area contributed by atoms with E-state index in [1.807, 2.05) is 6.20 Å². The molecular formula is C10H15ClN2OS. The molecule has 2 rings (SSSR count). The highest BCUT2D eigenvalue weighted by Gasteiger charge is 2.34. The minimum atomic E-state index is -0.0210. The highest BCUT2D eigenvalue weighted by Crippen LogP contribution is 2.31. The van der Waals surface area contributed by atoms with Gasteiger partial charge >= 0.3 is 0 Å². The average Bonchev–Trinajstić information content (AvgIpc) is 2.84. The maximum Gasteiger partial charge on any atom is 0.185 e. The second kappa shape index (κ2) is 4.28. The van der Waals surface area contributed by atoms with Crippen molar-refractivity contribution in [2.45, 2.75) is 24.8 Å². The first-order chi connectivity index (χ1) is 7.17. The van der Waals surface area contributed by atoms with E-state index in [-0.39, 0.29) is 5.60 Å². The molecule has 1 atom stereocenters. The van der Waals surface area contributed by atoms with Gasteiger partial charge in [0.15, 0.2) is 5.13 Å². The lowest BCUT2D eigenvalue weighted by Gasteiger charge is -2.22. The number of anilines is 1. The van der Waals surface area contributed by atoms with Crippen LogP contribution in [0.25, 0.3) is 0 Å². The normalized spacial score (nSPS) is 26.2. The predicted molar refractivity (Wildman–Crippen MR) is 63.9 cm³/mol. The fourth-order valence-electron chi connectivity index (χ4n) is 1.77. The second-order valence-corrected chi connectivity index (χ2v) is 5.43. The number of ether oxygens (including phenoxy) is 1. The van der Waals surface area contributed by atoms with Gasteiger partial charge in [-0.25, -0.2) is 4.98 Å². The second-order valence-electron chi connectivity index (χ2n) is 4.07. The van der Waals surface area contributed by atoms with Gasteiger partial charge in [0, 0.05) is 31.3 Å². The standard InChI is InChI=1S/C10H15ClN2OS/c1-10(14-2)3-4-13(7-10)9-12-6-8(5-11)15-9/h6H,3-5,7H2,1-2H3. The third-order valence-corrected chi connectivity index (χ3v) is 4.38. The van der Waals surface area contributed by atoms with Crippen LogP contribution in [0.2, 0.25) is 0 Å². The molecule has 0 aliphatic carbocycles. The van der Waals surface area contributed by atoms with Crippen LogP contribution in [-0.2, 0) is 10.6 Å². The minimum Gasteiger partial charge on any atom is -0.377 e. The number of hydrogen-bond donors (Lipinski definition) is 0. The fourth-order valence-corrected chi connectivity index (χ4v) is 2.79. The molecule has 1 aliphatic heterocycles. The van der Waals surface area contributed by atoms with E-state index in [9.17, 15) is 0 Å². The van der Waals surface area contributed by atoms with Crippen molar-refractivity contribution in [2.24, 2.45) is 0 Å². The first-order valence-electron chi connectivity index (χ1n) is 4.98. The van der Waals surface area contributed by atoms with Crippen LogP contribution < -0.4 is 4.90 Å². The molecule has 5 heteroatoms. The first kappa shape index (κ1) is 11.2. The zero-order valence-corrected chi connectivity index (χ0v) is 10.6. The Hall–Kier alpha value is -0.320. The molecular weight excluding hydrogens is 232 g/mol. The minimum absolute atomic E-state index is 0.0210.